The maximum Gasteiger partial charge on any atom is 0.248 e. The molecule has 4 rings (SSSR count). The van der Waals surface area contributed by atoms with Gasteiger partial charge in [0.25, 0.3) is 0 Å². The molecule has 0 saturated carbocycles. The summed E-state index contributed by atoms with van der Waals surface area (Å²) in [6.07, 6.45) is 1.99. The molecule has 1 aliphatic rings. The third kappa shape index (κ3) is 4.39. The first-order valence-corrected chi connectivity index (χ1v) is 10.5. The molecule has 0 atom stereocenters. The highest BCUT2D eigenvalue weighted by atomic mass is 16.5. The van der Waals surface area contributed by atoms with Gasteiger partial charge in [-0.15, -0.1) is 0 Å². The van der Waals surface area contributed by atoms with Gasteiger partial charge in [0.15, 0.2) is 5.82 Å². The number of nitrogens with zero attached hydrogens (tertiary/aromatic N) is 4. The van der Waals surface area contributed by atoms with Crippen LogP contribution in [-0.2, 0) is 16.1 Å². The van der Waals surface area contributed by atoms with Gasteiger partial charge in [0.2, 0.25) is 5.91 Å². The lowest BCUT2D eigenvalue weighted by molar-refractivity contribution is -0.119. The van der Waals surface area contributed by atoms with Gasteiger partial charge in [-0.2, -0.15) is 5.10 Å². The van der Waals surface area contributed by atoms with Crippen molar-refractivity contribution in [1.82, 2.24) is 9.78 Å². The van der Waals surface area contributed by atoms with Crippen molar-refractivity contribution in [2.24, 2.45) is 0 Å². The van der Waals surface area contributed by atoms with Gasteiger partial charge in [-0.25, -0.2) is 0 Å². The topological polar surface area (TPSA) is 50.6 Å². The Morgan fingerprint density at radius 1 is 1.07 bits per heavy atom. The molecule has 156 valence electrons. The molecule has 1 amide bonds. The zero-order valence-electron chi connectivity index (χ0n) is 17.6. The quantitative estimate of drug-likeness (QED) is 0.628. The van der Waals surface area contributed by atoms with Crippen molar-refractivity contribution in [2.45, 2.75) is 20.4 Å². The van der Waals surface area contributed by atoms with E-state index in [-0.39, 0.29) is 12.5 Å². The van der Waals surface area contributed by atoms with Gasteiger partial charge in [-0.3, -0.25) is 9.48 Å². The van der Waals surface area contributed by atoms with Crippen LogP contribution in [0.25, 0.3) is 11.1 Å². The van der Waals surface area contributed by atoms with Crippen LogP contribution in [0.5, 0.6) is 0 Å². The minimum Gasteiger partial charge on any atom is -0.378 e. The second-order valence-corrected chi connectivity index (χ2v) is 7.50. The molecule has 0 bridgehead atoms. The number of amides is 1. The molecule has 0 N–H and O–H groups in total. The fourth-order valence-electron chi connectivity index (χ4n) is 3.77. The number of morpholine rings is 1. The Morgan fingerprint density at radius 2 is 1.77 bits per heavy atom. The van der Waals surface area contributed by atoms with Gasteiger partial charge in [0, 0.05) is 37.1 Å². The normalized spacial score (nSPS) is 14.0. The lowest BCUT2D eigenvalue weighted by Crippen LogP contribution is -2.37. The second-order valence-electron chi connectivity index (χ2n) is 7.50. The maximum absolute atomic E-state index is 13.1. The number of benzene rings is 2. The van der Waals surface area contributed by atoms with Gasteiger partial charge in [0.1, 0.15) is 6.54 Å². The zero-order chi connectivity index (χ0) is 20.9. The van der Waals surface area contributed by atoms with E-state index in [0.717, 1.165) is 35.7 Å². The first-order valence-electron chi connectivity index (χ1n) is 10.5. The van der Waals surface area contributed by atoms with Crippen LogP contribution < -0.4 is 9.80 Å². The molecule has 0 unspecified atom stereocenters. The highest BCUT2D eigenvalue weighted by molar-refractivity contribution is 5.93. The maximum atomic E-state index is 13.1. The van der Waals surface area contributed by atoms with E-state index in [2.05, 4.69) is 36.1 Å². The Hall–Kier alpha value is -3.12. The standard InChI is InChI=1S/C24H28N4O2/c1-3-28(21-7-5-4-6-8-21)23(29)18-27-17-22(20-11-9-19(2)10-12-20)24(25-27)26-13-15-30-16-14-26/h4-12,17H,3,13-16,18H2,1-2H3. The number of ether oxygens (including phenoxy) is 1. The number of carbonyl (C=O) groups is 1. The summed E-state index contributed by atoms with van der Waals surface area (Å²) in [7, 11) is 0. The van der Waals surface area contributed by atoms with E-state index in [1.54, 1.807) is 9.58 Å². The zero-order valence-corrected chi connectivity index (χ0v) is 17.6. The van der Waals surface area contributed by atoms with Crippen LogP contribution in [0.3, 0.4) is 0 Å². The van der Waals surface area contributed by atoms with Crippen molar-refractivity contribution >= 4 is 17.4 Å². The lowest BCUT2D eigenvalue weighted by Gasteiger charge is -2.27. The fourth-order valence-corrected chi connectivity index (χ4v) is 3.77. The smallest absolute Gasteiger partial charge is 0.248 e. The Bertz CT molecular complexity index is 976. The number of aromatic nitrogens is 2. The van der Waals surface area contributed by atoms with Crippen LogP contribution in [0, 0.1) is 6.92 Å². The molecule has 2 aromatic carbocycles. The molecule has 3 aromatic rings. The van der Waals surface area contributed by atoms with E-state index in [0.29, 0.717) is 19.8 Å². The summed E-state index contributed by atoms with van der Waals surface area (Å²) < 4.78 is 7.28. The third-order valence-corrected chi connectivity index (χ3v) is 5.40. The van der Waals surface area contributed by atoms with Crippen molar-refractivity contribution in [3.05, 3.63) is 66.4 Å². The monoisotopic (exact) mass is 404 g/mol. The number of anilines is 2. The Balaban J connectivity index is 1.63. The van der Waals surface area contributed by atoms with E-state index >= 15 is 0 Å². The van der Waals surface area contributed by atoms with E-state index in [1.165, 1.54) is 5.56 Å². The number of para-hydroxylation sites is 1. The minimum absolute atomic E-state index is 0.0233. The SMILES string of the molecule is CCN(C(=O)Cn1cc(-c2ccc(C)cc2)c(N2CCOCC2)n1)c1ccccc1. The fraction of sp³-hybridized carbons (Fsp3) is 0.333. The lowest BCUT2D eigenvalue weighted by atomic mass is 10.1. The summed E-state index contributed by atoms with van der Waals surface area (Å²) in [6.45, 7) is 7.87. The Kier molecular flexibility index (Phi) is 6.14. The highest BCUT2D eigenvalue weighted by Gasteiger charge is 2.22. The first kappa shape index (κ1) is 20.2. The van der Waals surface area contributed by atoms with Crippen LogP contribution in [0.4, 0.5) is 11.5 Å². The summed E-state index contributed by atoms with van der Waals surface area (Å²) in [5, 5.41) is 4.82. The largest absolute Gasteiger partial charge is 0.378 e. The van der Waals surface area contributed by atoms with Crippen LogP contribution >= 0.6 is 0 Å². The number of likely N-dealkylation sites (N-methyl/N-ethyl adjacent to an activating group) is 1. The molecule has 1 aromatic heterocycles. The van der Waals surface area contributed by atoms with Crippen molar-refractivity contribution in [2.75, 3.05) is 42.6 Å². The molecule has 2 heterocycles. The average molecular weight is 405 g/mol. The molecule has 1 saturated heterocycles. The molecule has 6 heteroatoms. The molecule has 1 aliphatic heterocycles. The van der Waals surface area contributed by atoms with Gasteiger partial charge < -0.3 is 14.5 Å². The molecule has 6 nitrogen and oxygen atoms in total. The van der Waals surface area contributed by atoms with Gasteiger partial charge >= 0.3 is 0 Å². The van der Waals surface area contributed by atoms with Gasteiger partial charge in [0.05, 0.1) is 13.2 Å². The summed E-state index contributed by atoms with van der Waals surface area (Å²) in [4.78, 5) is 17.1. The van der Waals surface area contributed by atoms with Gasteiger partial charge in [-0.05, 0) is 31.5 Å². The predicted molar refractivity (Wildman–Crippen MR) is 120 cm³/mol. The minimum atomic E-state index is 0.0233. The Labute approximate surface area is 177 Å². The summed E-state index contributed by atoms with van der Waals surface area (Å²) in [5.74, 6) is 0.938. The van der Waals surface area contributed by atoms with Crippen molar-refractivity contribution in [1.29, 1.82) is 0 Å². The highest BCUT2D eigenvalue weighted by Crippen LogP contribution is 2.30. The number of hydrogen-bond donors (Lipinski definition) is 0. The number of rotatable bonds is 6. The summed E-state index contributed by atoms with van der Waals surface area (Å²) in [5.41, 5.74) is 4.28. The molecule has 0 aliphatic carbocycles. The average Bonchev–Trinajstić information content (AvgIpc) is 3.20. The predicted octanol–water partition coefficient (Wildman–Crippen LogP) is 3.75. The van der Waals surface area contributed by atoms with E-state index < -0.39 is 0 Å². The summed E-state index contributed by atoms with van der Waals surface area (Å²) in [6, 6.07) is 18.2. The Morgan fingerprint density at radius 3 is 2.43 bits per heavy atom. The van der Waals surface area contributed by atoms with Crippen molar-refractivity contribution < 1.29 is 9.53 Å². The number of aryl methyl sites for hydroxylation is 1. The van der Waals surface area contributed by atoms with Crippen LogP contribution in [0.15, 0.2) is 60.8 Å². The van der Waals surface area contributed by atoms with Crippen LogP contribution in [0.1, 0.15) is 12.5 Å². The number of carbonyl (C=O) groups excluding carboxylic acids is 1. The van der Waals surface area contributed by atoms with E-state index in [1.807, 2.05) is 43.5 Å². The molecule has 1 fully saturated rings. The molecular formula is C24H28N4O2. The van der Waals surface area contributed by atoms with E-state index in [9.17, 15) is 4.79 Å². The summed E-state index contributed by atoms with van der Waals surface area (Å²) >= 11 is 0. The van der Waals surface area contributed by atoms with Crippen LogP contribution in [-0.4, -0.2) is 48.5 Å². The van der Waals surface area contributed by atoms with Gasteiger partial charge in [-0.1, -0.05) is 48.0 Å². The number of hydrogen-bond acceptors (Lipinski definition) is 4. The van der Waals surface area contributed by atoms with Crippen LogP contribution in [0.2, 0.25) is 0 Å². The van der Waals surface area contributed by atoms with Crippen molar-refractivity contribution in [3.8, 4) is 11.1 Å². The second kappa shape index (κ2) is 9.13. The van der Waals surface area contributed by atoms with E-state index in [4.69, 9.17) is 9.84 Å². The molecule has 0 spiro atoms. The molecule has 0 radical (unpaired) electrons. The molecule has 30 heavy (non-hydrogen) atoms. The van der Waals surface area contributed by atoms with Crippen molar-refractivity contribution in [3.63, 3.8) is 0 Å². The third-order valence-electron chi connectivity index (χ3n) is 5.40. The first-order chi connectivity index (χ1) is 14.7. The molecular weight excluding hydrogens is 376 g/mol.